The highest BCUT2D eigenvalue weighted by atomic mass is 35.5. The number of halogens is 1. The molecule has 2 aliphatic rings. The second kappa shape index (κ2) is 9.28. The van der Waals surface area contributed by atoms with Crippen molar-refractivity contribution in [1.29, 1.82) is 0 Å². The number of aryl methyl sites for hydroxylation is 1. The van der Waals surface area contributed by atoms with E-state index in [2.05, 4.69) is 10.00 Å². The molecule has 1 amide bonds. The van der Waals surface area contributed by atoms with Crippen LogP contribution in [-0.2, 0) is 28.4 Å². The Morgan fingerprint density at radius 3 is 2.48 bits per heavy atom. The minimum Gasteiger partial charge on any atom is -0.340 e. The lowest BCUT2D eigenvalue weighted by Crippen LogP contribution is -2.52. The van der Waals surface area contributed by atoms with Crippen molar-refractivity contribution in [2.45, 2.75) is 24.3 Å². The normalized spacial score (nSPS) is 21.4. The van der Waals surface area contributed by atoms with Gasteiger partial charge in [0.15, 0.2) is 0 Å². The number of piperazine rings is 1. The number of hydrogen-bond acceptors (Lipinski definition) is 5. The van der Waals surface area contributed by atoms with Crippen molar-refractivity contribution >= 4 is 27.5 Å². The molecule has 1 aromatic heterocycles. The standard InChI is InChI=1S/C21H28ClN5O3S/c1-24-16-20(13-23-24)31(29,30)27-8-2-3-18(15-27)21(28)26-11-9-25(10-12-26)14-17-4-6-19(22)7-5-17/h4-7,13,16,18H,2-3,8-12,14-15H2,1H3/t18-/m0/s1. The average Bonchev–Trinajstić information content (AvgIpc) is 3.23. The molecule has 2 saturated heterocycles. The lowest BCUT2D eigenvalue weighted by molar-refractivity contribution is -0.138. The number of carbonyl (C=O) groups is 1. The largest absolute Gasteiger partial charge is 0.340 e. The van der Waals surface area contributed by atoms with Gasteiger partial charge in [-0.25, -0.2) is 8.42 Å². The summed E-state index contributed by atoms with van der Waals surface area (Å²) in [5.74, 6) is -0.222. The summed E-state index contributed by atoms with van der Waals surface area (Å²) in [6, 6.07) is 7.84. The predicted molar refractivity (Wildman–Crippen MR) is 118 cm³/mol. The van der Waals surface area contributed by atoms with E-state index >= 15 is 0 Å². The molecule has 0 bridgehead atoms. The Bertz CT molecular complexity index is 1020. The number of aromatic nitrogens is 2. The number of piperidine rings is 1. The molecular weight excluding hydrogens is 438 g/mol. The Balaban J connectivity index is 1.33. The van der Waals surface area contributed by atoms with Crippen molar-refractivity contribution in [3.05, 3.63) is 47.2 Å². The second-order valence-electron chi connectivity index (χ2n) is 8.28. The van der Waals surface area contributed by atoms with E-state index in [1.165, 1.54) is 26.9 Å². The van der Waals surface area contributed by atoms with Crippen LogP contribution in [0, 0.1) is 5.92 Å². The minimum atomic E-state index is -3.62. The van der Waals surface area contributed by atoms with Crippen LogP contribution in [0.4, 0.5) is 0 Å². The van der Waals surface area contributed by atoms with Crippen LogP contribution in [0.2, 0.25) is 5.02 Å². The zero-order chi connectivity index (χ0) is 22.0. The highest BCUT2D eigenvalue weighted by Crippen LogP contribution is 2.25. The maximum Gasteiger partial charge on any atom is 0.246 e. The maximum absolute atomic E-state index is 13.1. The molecule has 0 N–H and O–H groups in total. The van der Waals surface area contributed by atoms with Gasteiger partial charge < -0.3 is 4.90 Å². The third kappa shape index (κ3) is 5.11. The summed E-state index contributed by atoms with van der Waals surface area (Å²) >= 11 is 5.95. The molecule has 3 heterocycles. The molecule has 1 aromatic carbocycles. The monoisotopic (exact) mass is 465 g/mol. The number of hydrogen-bond donors (Lipinski definition) is 0. The molecule has 8 nitrogen and oxygen atoms in total. The van der Waals surface area contributed by atoms with Gasteiger partial charge in [0, 0.05) is 64.1 Å². The van der Waals surface area contributed by atoms with E-state index in [9.17, 15) is 13.2 Å². The van der Waals surface area contributed by atoms with Gasteiger partial charge in [-0.1, -0.05) is 23.7 Å². The SMILES string of the molecule is Cn1cc(S(=O)(=O)N2CCC[C@H](C(=O)N3CCN(Cc4ccc(Cl)cc4)CC3)C2)cn1. The molecule has 1 atom stereocenters. The van der Waals surface area contributed by atoms with Crippen LogP contribution in [0.1, 0.15) is 18.4 Å². The van der Waals surface area contributed by atoms with E-state index in [1.54, 1.807) is 7.05 Å². The molecule has 0 spiro atoms. The first-order chi connectivity index (χ1) is 14.8. The van der Waals surface area contributed by atoms with Gasteiger partial charge in [-0.3, -0.25) is 14.4 Å². The molecule has 31 heavy (non-hydrogen) atoms. The quantitative estimate of drug-likeness (QED) is 0.673. The van der Waals surface area contributed by atoms with Crippen molar-refractivity contribution in [2.75, 3.05) is 39.3 Å². The van der Waals surface area contributed by atoms with E-state index in [4.69, 9.17) is 11.6 Å². The molecule has 2 fully saturated rings. The summed E-state index contributed by atoms with van der Waals surface area (Å²) in [5.41, 5.74) is 1.20. The fourth-order valence-corrected chi connectivity index (χ4v) is 5.91. The summed E-state index contributed by atoms with van der Waals surface area (Å²) in [5, 5.41) is 4.70. The zero-order valence-electron chi connectivity index (χ0n) is 17.7. The number of sulfonamides is 1. The molecule has 0 aliphatic carbocycles. The number of nitrogens with zero attached hydrogens (tertiary/aromatic N) is 5. The highest BCUT2D eigenvalue weighted by molar-refractivity contribution is 7.89. The van der Waals surface area contributed by atoms with Gasteiger partial charge in [-0.2, -0.15) is 9.40 Å². The van der Waals surface area contributed by atoms with Crippen molar-refractivity contribution < 1.29 is 13.2 Å². The van der Waals surface area contributed by atoms with Crippen molar-refractivity contribution in [2.24, 2.45) is 13.0 Å². The molecule has 0 unspecified atom stereocenters. The Morgan fingerprint density at radius 2 is 1.84 bits per heavy atom. The number of benzene rings is 1. The van der Waals surface area contributed by atoms with E-state index in [0.717, 1.165) is 31.1 Å². The Morgan fingerprint density at radius 1 is 1.13 bits per heavy atom. The van der Waals surface area contributed by atoms with Crippen molar-refractivity contribution in [3.8, 4) is 0 Å². The lowest BCUT2D eigenvalue weighted by Gasteiger charge is -2.38. The first-order valence-electron chi connectivity index (χ1n) is 10.6. The summed E-state index contributed by atoms with van der Waals surface area (Å²) in [4.78, 5) is 17.5. The minimum absolute atomic E-state index is 0.0669. The average molecular weight is 466 g/mol. The van der Waals surface area contributed by atoms with Gasteiger partial charge in [-0.15, -0.1) is 0 Å². The Kier molecular flexibility index (Phi) is 6.66. The first kappa shape index (κ1) is 22.3. The Hall–Kier alpha value is -1.94. The predicted octanol–water partition coefficient (Wildman–Crippen LogP) is 1.82. The number of carbonyl (C=O) groups excluding carboxylic acids is 1. The van der Waals surface area contributed by atoms with E-state index in [1.807, 2.05) is 29.2 Å². The summed E-state index contributed by atoms with van der Waals surface area (Å²) in [6.07, 6.45) is 4.27. The fraction of sp³-hybridized carbons (Fsp3) is 0.524. The van der Waals surface area contributed by atoms with E-state index < -0.39 is 10.0 Å². The molecule has 2 aliphatic heterocycles. The summed E-state index contributed by atoms with van der Waals surface area (Å²) in [6.45, 7) is 4.45. The van der Waals surface area contributed by atoms with E-state index in [0.29, 0.717) is 26.1 Å². The zero-order valence-corrected chi connectivity index (χ0v) is 19.2. The van der Waals surface area contributed by atoms with E-state index in [-0.39, 0.29) is 23.3 Å². The molecule has 0 radical (unpaired) electrons. The van der Waals surface area contributed by atoms with Crippen LogP contribution >= 0.6 is 11.6 Å². The molecule has 0 saturated carbocycles. The third-order valence-electron chi connectivity index (χ3n) is 6.06. The Labute approximate surface area is 188 Å². The van der Waals surface area contributed by atoms with Crippen LogP contribution in [0.25, 0.3) is 0 Å². The fourth-order valence-electron chi connectivity index (χ4n) is 4.28. The third-order valence-corrected chi connectivity index (χ3v) is 8.13. The van der Waals surface area contributed by atoms with Crippen LogP contribution in [0.3, 0.4) is 0 Å². The smallest absolute Gasteiger partial charge is 0.246 e. The van der Waals surface area contributed by atoms with Crippen molar-refractivity contribution in [1.82, 2.24) is 23.9 Å². The van der Waals surface area contributed by atoms with Gasteiger partial charge in [0.2, 0.25) is 15.9 Å². The number of rotatable bonds is 5. The summed E-state index contributed by atoms with van der Waals surface area (Å²) in [7, 11) is -1.93. The van der Waals surface area contributed by atoms with Gasteiger partial charge in [-0.05, 0) is 30.5 Å². The summed E-state index contributed by atoms with van der Waals surface area (Å²) < 4.78 is 28.7. The second-order valence-corrected chi connectivity index (χ2v) is 10.7. The molecule has 10 heteroatoms. The van der Waals surface area contributed by atoms with Crippen molar-refractivity contribution in [3.63, 3.8) is 0 Å². The van der Waals surface area contributed by atoms with Crippen LogP contribution in [0.15, 0.2) is 41.6 Å². The molecule has 168 valence electrons. The van der Waals surface area contributed by atoms with Crippen LogP contribution < -0.4 is 0 Å². The topological polar surface area (TPSA) is 78.8 Å². The molecule has 4 rings (SSSR count). The highest BCUT2D eigenvalue weighted by Gasteiger charge is 2.36. The van der Waals surface area contributed by atoms with Gasteiger partial charge in [0.05, 0.1) is 12.1 Å². The van der Waals surface area contributed by atoms with Gasteiger partial charge >= 0.3 is 0 Å². The molecular formula is C21H28ClN5O3S. The van der Waals surface area contributed by atoms with Gasteiger partial charge in [0.25, 0.3) is 0 Å². The van der Waals surface area contributed by atoms with Crippen LogP contribution in [-0.4, -0.2) is 77.5 Å². The lowest BCUT2D eigenvalue weighted by atomic mass is 9.97. The number of amides is 1. The molecule has 2 aromatic rings. The van der Waals surface area contributed by atoms with Crippen LogP contribution in [0.5, 0.6) is 0 Å². The first-order valence-corrected chi connectivity index (χ1v) is 12.4. The van der Waals surface area contributed by atoms with Gasteiger partial charge in [0.1, 0.15) is 4.90 Å². The maximum atomic E-state index is 13.1.